The fourth-order valence-electron chi connectivity index (χ4n) is 2.00. The second-order valence-electron chi connectivity index (χ2n) is 4.95. The van der Waals surface area contributed by atoms with Crippen LogP contribution in [0, 0.1) is 0 Å². The van der Waals surface area contributed by atoms with Crippen molar-refractivity contribution < 1.29 is 9.84 Å². The number of nitrogens with zero attached hydrogens (tertiary/aromatic N) is 2. The van der Waals surface area contributed by atoms with E-state index in [0.29, 0.717) is 6.42 Å². The molecule has 4 nitrogen and oxygen atoms in total. The second-order valence-corrected chi connectivity index (χ2v) is 4.95. The third-order valence-corrected chi connectivity index (χ3v) is 3.33. The van der Waals surface area contributed by atoms with Crippen molar-refractivity contribution in [2.24, 2.45) is 7.05 Å². The minimum absolute atomic E-state index is 0.513. The highest BCUT2D eigenvalue weighted by Gasteiger charge is 2.11. The molecular weight excluding hydrogens is 252 g/mol. The minimum atomic E-state index is -0.541. The summed E-state index contributed by atoms with van der Waals surface area (Å²) in [4.78, 5) is 4.23. The average molecular weight is 274 g/mol. The van der Waals surface area contributed by atoms with Crippen LogP contribution < -0.4 is 4.74 Å². The van der Waals surface area contributed by atoms with E-state index >= 15 is 0 Å². The molecule has 0 aliphatic carbocycles. The Morgan fingerprint density at radius 2 is 2.05 bits per heavy atom. The van der Waals surface area contributed by atoms with E-state index in [1.54, 1.807) is 6.20 Å². The van der Waals surface area contributed by atoms with Gasteiger partial charge in [0, 0.05) is 25.9 Å². The number of aryl methyl sites for hydroxylation is 1. The van der Waals surface area contributed by atoms with E-state index < -0.39 is 6.10 Å². The fourth-order valence-corrected chi connectivity index (χ4v) is 2.00. The lowest BCUT2D eigenvalue weighted by atomic mass is 10.1. The molecular formula is C16H22N2O2. The number of benzene rings is 1. The third-order valence-electron chi connectivity index (χ3n) is 3.33. The molecule has 0 radical (unpaired) electrons. The quantitative estimate of drug-likeness (QED) is 0.790. The molecule has 0 amide bonds. The molecule has 2 rings (SSSR count). The van der Waals surface area contributed by atoms with Crippen LogP contribution in [0.25, 0.3) is 0 Å². The molecule has 20 heavy (non-hydrogen) atoms. The maximum atomic E-state index is 10.2. The Hall–Kier alpha value is -1.81. The lowest BCUT2D eigenvalue weighted by Gasteiger charge is -2.12. The number of aliphatic hydroxyl groups excluding tert-OH is 1. The van der Waals surface area contributed by atoms with Crippen LogP contribution in [0.4, 0.5) is 0 Å². The fraction of sp³-hybridized carbons (Fsp3) is 0.438. The van der Waals surface area contributed by atoms with E-state index in [0.717, 1.165) is 36.6 Å². The highest BCUT2D eigenvalue weighted by molar-refractivity contribution is 5.28. The monoisotopic (exact) mass is 274 g/mol. The van der Waals surface area contributed by atoms with E-state index in [1.165, 1.54) is 0 Å². The van der Waals surface area contributed by atoms with E-state index in [2.05, 4.69) is 11.9 Å². The molecule has 0 aliphatic rings. The summed E-state index contributed by atoms with van der Waals surface area (Å²) in [6, 6.07) is 7.64. The predicted octanol–water partition coefficient (Wildman–Crippen LogP) is 2.88. The molecule has 0 fully saturated rings. The molecule has 0 saturated heterocycles. The highest BCUT2D eigenvalue weighted by Crippen LogP contribution is 2.20. The van der Waals surface area contributed by atoms with Crippen LogP contribution in [0.5, 0.6) is 5.75 Å². The lowest BCUT2D eigenvalue weighted by Crippen LogP contribution is -2.06. The highest BCUT2D eigenvalue weighted by atomic mass is 16.5. The van der Waals surface area contributed by atoms with Gasteiger partial charge in [-0.15, -0.1) is 0 Å². The Labute approximate surface area is 120 Å². The lowest BCUT2D eigenvalue weighted by molar-refractivity contribution is 0.174. The molecule has 0 bridgehead atoms. The molecule has 0 spiro atoms. The van der Waals surface area contributed by atoms with Gasteiger partial charge in [0.15, 0.2) is 0 Å². The van der Waals surface area contributed by atoms with Crippen molar-refractivity contribution in [3.8, 4) is 5.75 Å². The van der Waals surface area contributed by atoms with E-state index in [9.17, 15) is 5.11 Å². The van der Waals surface area contributed by atoms with Crippen molar-refractivity contribution in [1.82, 2.24) is 9.55 Å². The van der Waals surface area contributed by atoms with Gasteiger partial charge in [-0.25, -0.2) is 4.98 Å². The van der Waals surface area contributed by atoms with Crippen LogP contribution in [0.2, 0.25) is 0 Å². The number of rotatable bonds is 7. The van der Waals surface area contributed by atoms with E-state index in [1.807, 2.05) is 42.1 Å². The zero-order chi connectivity index (χ0) is 14.4. The summed E-state index contributed by atoms with van der Waals surface area (Å²) in [5.74, 6) is 1.73. The standard InChI is InChI=1S/C16H22N2O2/c1-3-4-11-20-14-7-5-13(6-8-14)15(19)12-16-17-9-10-18(16)2/h5-10,15,19H,3-4,11-12H2,1-2H3. The largest absolute Gasteiger partial charge is 0.494 e. The van der Waals surface area contributed by atoms with Crippen molar-refractivity contribution in [1.29, 1.82) is 0 Å². The Morgan fingerprint density at radius 3 is 2.65 bits per heavy atom. The average Bonchev–Trinajstić information content (AvgIpc) is 2.85. The number of imidazole rings is 1. The van der Waals surface area contributed by atoms with Crippen LogP contribution in [0.3, 0.4) is 0 Å². The molecule has 1 aromatic carbocycles. The molecule has 1 aromatic heterocycles. The SMILES string of the molecule is CCCCOc1ccc(C(O)Cc2nccn2C)cc1. The number of aromatic nitrogens is 2. The van der Waals surface area contributed by atoms with Crippen LogP contribution in [0.1, 0.15) is 37.3 Å². The van der Waals surface area contributed by atoms with Gasteiger partial charge < -0.3 is 14.4 Å². The van der Waals surface area contributed by atoms with Gasteiger partial charge in [-0.1, -0.05) is 25.5 Å². The van der Waals surface area contributed by atoms with Gasteiger partial charge in [-0.2, -0.15) is 0 Å². The van der Waals surface area contributed by atoms with Crippen molar-refractivity contribution in [3.05, 3.63) is 48.0 Å². The van der Waals surface area contributed by atoms with Crippen LogP contribution >= 0.6 is 0 Å². The van der Waals surface area contributed by atoms with Gasteiger partial charge in [-0.3, -0.25) is 0 Å². The van der Waals surface area contributed by atoms with Crippen molar-refractivity contribution in [3.63, 3.8) is 0 Å². The van der Waals surface area contributed by atoms with Crippen molar-refractivity contribution in [2.75, 3.05) is 6.61 Å². The van der Waals surface area contributed by atoms with Crippen LogP contribution in [-0.2, 0) is 13.5 Å². The zero-order valence-corrected chi connectivity index (χ0v) is 12.1. The molecule has 1 atom stereocenters. The molecule has 1 N–H and O–H groups in total. The van der Waals surface area contributed by atoms with Crippen LogP contribution in [-0.4, -0.2) is 21.3 Å². The summed E-state index contributed by atoms with van der Waals surface area (Å²) in [6.07, 6.45) is 5.78. The first-order valence-electron chi connectivity index (χ1n) is 7.07. The van der Waals surface area contributed by atoms with Gasteiger partial charge >= 0.3 is 0 Å². The van der Waals surface area contributed by atoms with E-state index in [-0.39, 0.29) is 0 Å². The number of hydrogen-bond acceptors (Lipinski definition) is 3. The first-order chi connectivity index (χ1) is 9.70. The normalized spacial score (nSPS) is 12.3. The maximum absolute atomic E-state index is 10.2. The maximum Gasteiger partial charge on any atom is 0.119 e. The molecule has 1 heterocycles. The van der Waals surface area contributed by atoms with Gasteiger partial charge in [0.2, 0.25) is 0 Å². The summed E-state index contributed by atoms with van der Waals surface area (Å²) in [7, 11) is 1.93. The number of aliphatic hydroxyl groups is 1. The van der Waals surface area contributed by atoms with Gasteiger partial charge in [0.05, 0.1) is 12.7 Å². The van der Waals surface area contributed by atoms with Crippen molar-refractivity contribution >= 4 is 0 Å². The molecule has 2 aromatic rings. The first-order valence-corrected chi connectivity index (χ1v) is 7.07. The first kappa shape index (κ1) is 14.6. The van der Waals surface area contributed by atoms with Gasteiger partial charge in [0.1, 0.15) is 11.6 Å². The third kappa shape index (κ3) is 3.84. The number of ether oxygens (including phenoxy) is 1. The Balaban J connectivity index is 1.93. The smallest absolute Gasteiger partial charge is 0.119 e. The number of unbranched alkanes of at least 4 members (excludes halogenated alkanes) is 1. The Bertz CT molecular complexity index is 520. The molecule has 0 saturated carbocycles. The molecule has 108 valence electrons. The molecule has 1 unspecified atom stereocenters. The van der Waals surface area contributed by atoms with Gasteiger partial charge in [0.25, 0.3) is 0 Å². The predicted molar refractivity (Wildman–Crippen MR) is 78.7 cm³/mol. The Kier molecular flexibility index (Phi) is 5.18. The summed E-state index contributed by atoms with van der Waals surface area (Å²) in [6.45, 7) is 2.88. The van der Waals surface area contributed by atoms with E-state index in [4.69, 9.17) is 4.74 Å². The summed E-state index contributed by atoms with van der Waals surface area (Å²) in [5, 5.41) is 10.2. The summed E-state index contributed by atoms with van der Waals surface area (Å²) >= 11 is 0. The Morgan fingerprint density at radius 1 is 1.30 bits per heavy atom. The molecule has 0 aliphatic heterocycles. The number of hydrogen-bond donors (Lipinski definition) is 1. The minimum Gasteiger partial charge on any atom is -0.494 e. The second kappa shape index (κ2) is 7.10. The van der Waals surface area contributed by atoms with Crippen LogP contribution in [0.15, 0.2) is 36.7 Å². The van der Waals surface area contributed by atoms with Crippen molar-refractivity contribution in [2.45, 2.75) is 32.3 Å². The zero-order valence-electron chi connectivity index (χ0n) is 12.1. The topological polar surface area (TPSA) is 47.3 Å². The van der Waals surface area contributed by atoms with Gasteiger partial charge in [-0.05, 0) is 24.1 Å². The summed E-state index contributed by atoms with van der Waals surface area (Å²) in [5.41, 5.74) is 0.885. The summed E-state index contributed by atoms with van der Waals surface area (Å²) < 4.78 is 7.53. The molecule has 4 heteroatoms.